The van der Waals surface area contributed by atoms with E-state index in [1.165, 1.54) is 64.7 Å². The molecule has 0 unspecified atom stereocenters. The number of terminal acetylenes is 2. The summed E-state index contributed by atoms with van der Waals surface area (Å²) in [7, 11) is 0. The Morgan fingerprint density at radius 2 is 1.42 bits per heavy atom. The first-order valence-electron chi connectivity index (χ1n) is 7.21. The van der Waals surface area contributed by atoms with Crippen LogP contribution in [0.1, 0.15) is 38.5 Å². The van der Waals surface area contributed by atoms with Gasteiger partial charge in [0.05, 0.1) is 11.9 Å². The van der Waals surface area contributed by atoms with Crippen molar-refractivity contribution < 1.29 is 0 Å². The third kappa shape index (κ3) is 13.7. The number of hydrogen-bond donors (Lipinski definition) is 1. The van der Waals surface area contributed by atoms with Gasteiger partial charge in [0, 0.05) is 0 Å². The topological polar surface area (TPSA) is 15.3 Å². The van der Waals surface area contributed by atoms with Crippen molar-refractivity contribution in [1.29, 1.82) is 0 Å². The van der Waals surface area contributed by atoms with Gasteiger partial charge in [0.1, 0.15) is 0 Å². The number of alkyl halides is 1. The first-order valence-corrected chi connectivity index (χ1v) is 8.33. The lowest BCUT2D eigenvalue weighted by molar-refractivity contribution is 0.255. The average Bonchev–Trinajstić information content (AvgIpc) is 2.51. The van der Waals surface area contributed by atoms with Crippen LogP contribution in [0.4, 0.5) is 0 Å². The highest BCUT2D eigenvalue weighted by molar-refractivity contribution is 9.09. The van der Waals surface area contributed by atoms with Gasteiger partial charge < -0.3 is 5.32 Å². The second kappa shape index (κ2) is 15.6. The smallest absolute Gasteiger partial charge is 0.0642 e. The van der Waals surface area contributed by atoms with Crippen LogP contribution in [0.2, 0.25) is 0 Å². The van der Waals surface area contributed by atoms with Gasteiger partial charge >= 0.3 is 0 Å². The molecule has 108 valence electrons. The Bertz CT molecular complexity index is 243. The molecule has 0 aliphatic carbocycles. The van der Waals surface area contributed by atoms with E-state index in [2.05, 4.69) is 38.0 Å². The number of likely N-dealkylation sites (tertiary alicyclic amines) is 1. The summed E-state index contributed by atoms with van der Waals surface area (Å²) in [5.41, 5.74) is 0. The third-order valence-corrected chi connectivity index (χ3v) is 3.37. The average molecular weight is 327 g/mol. The van der Waals surface area contributed by atoms with E-state index in [0.717, 1.165) is 6.54 Å². The molecule has 0 aromatic rings. The minimum atomic E-state index is 0.660. The number of hydrogen-bond acceptors (Lipinski definition) is 2. The lowest BCUT2D eigenvalue weighted by atomic mass is 10.1. The Kier molecular flexibility index (Phi) is 15.2. The second-order valence-electron chi connectivity index (χ2n) is 4.69. The number of halogens is 1. The van der Waals surface area contributed by atoms with E-state index >= 15 is 0 Å². The van der Waals surface area contributed by atoms with Crippen LogP contribution < -0.4 is 5.32 Å². The van der Waals surface area contributed by atoms with Crippen molar-refractivity contribution in [3.8, 4) is 24.7 Å². The van der Waals surface area contributed by atoms with E-state index in [9.17, 15) is 0 Å². The zero-order chi connectivity index (χ0) is 14.2. The predicted molar refractivity (Wildman–Crippen MR) is 88.5 cm³/mol. The van der Waals surface area contributed by atoms with Crippen LogP contribution in [-0.4, -0.2) is 43.0 Å². The number of piperidine rings is 2. The Morgan fingerprint density at radius 1 is 0.895 bits per heavy atom. The van der Waals surface area contributed by atoms with E-state index in [0.29, 0.717) is 5.33 Å². The standard InChI is InChI=1S/C8H13N.C5H11N.C3H3Br/c1-2-6-9-7-4-3-5-8-9;1-2-4-6-5-3-1;1-2-3-4/h1H,3-8H2;6H,1-5H2;1H,3H2. The van der Waals surface area contributed by atoms with Crippen molar-refractivity contribution >= 4 is 15.9 Å². The lowest BCUT2D eigenvalue weighted by Gasteiger charge is -2.23. The van der Waals surface area contributed by atoms with Crippen molar-refractivity contribution in [2.45, 2.75) is 38.5 Å². The van der Waals surface area contributed by atoms with Crippen LogP contribution >= 0.6 is 15.9 Å². The molecule has 3 heteroatoms. The third-order valence-electron chi connectivity index (χ3n) is 3.05. The Hall–Kier alpha value is -0.480. The van der Waals surface area contributed by atoms with Gasteiger partial charge in [0.25, 0.3) is 0 Å². The summed E-state index contributed by atoms with van der Waals surface area (Å²) in [6.45, 7) is 5.77. The molecule has 2 fully saturated rings. The molecule has 0 aromatic carbocycles. The molecule has 2 heterocycles. The summed E-state index contributed by atoms with van der Waals surface area (Å²) in [4.78, 5) is 2.34. The molecule has 19 heavy (non-hydrogen) atoms. The molecule has 2 aliphatic rings. The molecule has 2 aliphatic heterocycles. The summed E-state index contributed by atoms with van der Waals surface area (Å²) < 4.78 is 0. The normalized spacial score (nSPS) is 18.7. The van der Waals surface area contributed by atoms with Crippen LogP contribution in [0, 0.1) is 24.7 Å². The summed E-state index contributed by atoms with van der Waals surface area (Å²) in [5, 5.41) is 3.94. The van der Waals surface area contributed by atoms with Gasteiger partial charge in [-0.25, -0.2) is 0 Å². The summed E-state index contributed by atoms with van der Waals surface area (Å²) >= 11 is 3.01. The predicted octanol–water partition coefficient (Wildman–Crippen LogP) is 2.88. The molecule has 2 nitrogen and oxygen atoms in total. The first kappa shape index (κ1) is 18.5. The van der Waals surface area contributed by atoms with Gasteiger partial charge in [-0.2, -0.15) is 0 Å². The van der Waals surface area contributed by atoms with E-state index in [1.807, 2.05) is 0 Å². The minimum absolute atomic E-state index is 0.660. The Balaban J connectivity index is 0.000000281. The molecule has 0 atom stereocenters. The summed E-state index contributed by atoms with van der Waals surface area (Å²) in [5.74, 6) is 5.01. The fraction of sp³-hybridized carbons (Fsp3) is 0.750. The highest BCUT2D eigenvalue weighted by Gasteiger charge is 2.06. The maximum atomic E-state index is 5.17. The van der Waals surface area contributed by atoms with Crippen LogP contribution in [-0.2, 0) is 0 Å². The highest BCUT2D eigenvalue weighted by atomic mass is 79.9. The van der Waals surface area contributed by atoms with Gasteiger partial charge in [-0.05, 0) is 51.9 Å². The molecule has 0 amide bonds. The largest absolute Gasteiger partial charge is 0.317 e. The van der Waals surface area contributed by atoms with Crippen molar-refractivity contribution in [2.75, 3.05) is 38.1 Å². The first-order chi connectivity index (χ1) is 9.35. The van der Waals surface area contributed by atoms with E-state index in [1.54, 1.807) is 0 Å². The molecular formula is C16H27BrN2. The van der Waals surface area contributed by atoms with Crippen LogP contribution in [0.25, 0.3) is 0 Å². The zero-order valence-electron chi connectivity index (χ0n) is 12.0. The van der Waals surface area contributed by atoms with Crippen LogP contribution in [0.15, 0.2) is 0 Å². The second-order valence-corrected chi connectivity index (χ2v) is 5.25. The fourth-order valence-corrected chi connectivity index (χ4v) is 2.05. The van der Waals surface area contributed by atoms with Crippen molar-refractivity contribution in [2.24, 2.45) is 0 Å². The van der Waals surface area contributed by atoms with Gasteiger partial charge in [-0.3, -0.25) is 4.90 Å². The molecule has 0 radical (unpaired) electrons. The molecule has 0 aromatic heterocycles. The molecule has 2 rings (SSSR count). The molecule has 0 saturated carbocycles. The summed E-state index contributed by atoms with van der Waals surface area (Å²) in [6.07, 6.45) is 18.2. The van der Waals surface area contributed by atoms with Crippen molar-refractivity contribution in [1.82, 2.24) is 10.2 Å². The van der Waals surface area contributed by atoms with Crippen molar-refractivity contribution in [3.05, 3.63) is 0 Å². The van der Waals surface area contributed by atoms with Gasteiger partial charge in [0.2, 0.25) is 0 Å². The van der Waals surface area contributed by atoms with Crippen molar-refractivity contribution in [3.63, 3.8) is 0 Å². The Labute approximate surface area is 127 Å². The van der Waals surface area contributed by atoms with E-state index in [-0.39, 0.29) is 0 Å². The highest BCUT2D eigenvalue weighted by Crippen LogP contribution is 2.06. The minimum Gasteiger partial charge on any atom is -0.317 e. The molecule has 0 bridgehead atoms. The number of rotatable bonds is 1. The molecule has 1 N–H and O–H groups in total. The van der Waals surface area contributed by atoms with Crippen LogP contribution in [0.3, 0.4) is 0 Å². The Morgan fingerprint density at radius 3 is 1.74 bits per heavy atom. The van der Waals surface area contributed by atoms with Gasteiger partial charge in [-0.15, -0.1) is 12.8 Å². The maximum Gasteiger partial charge on any atom is 0.0642 e. The zero-order valence-corrected chi connectivity index (χ0v) is 13.6. The quantitative estimate of drug-likeness (QED) is 0.588. The lowest BCUT2D eigenvalue weighted by Crippen LogP contribution is -2.29. The molecular weight excluding hydrogens is 300 g/mol. The van der Waals surface area contributed by atoms with Gasteiger partial charge in [0.15, 0.2) is 0 Å². The van der Waals surface area contributed by atoms with E-state index < -0.39 is 0 Å². The van der Waals surface area contributed by atoms with Crippen LogP contribution in [0.5, 0.6) is 0 Å². The van der Waals surface area contributed by atoms with Gasteiger partial charge in [-0.1, -0.05) is 40.6 Å². The SMILES string of the molecule is C#CCBr.C#CCN1CCCCC1.C1CCNCC1. The maximum absolute atomic E-state index is 5.17. The molecule has 0 spiro atoms. The fourth-order valence-electron chi connectivity index (χ4n) is 2.05. The summed E-state index contributed by atoms with van der Waals surface area (Å²) in [6, 6.07) is 0. The monoisotopic (exact) mass is 326 g/mol. The number of nitrogens with one attached hydrogen (secondary N) is 1. The molecule has 2 saturated heterocycles. The number of nitrogens with zero attached hydrogens (tertiary/aromatic N) is 1. The van der Waals surface area contributed by atoms with E-state index in [4.69, 9.17) is 12.8 Å².